The maximum atomic E-state index is 14.3. The fraction of sp³-hybridized carbons (Fsp3) is 0.615. The van der Waals surface area contributed by atoms with Crippen molar-refractivity contribution in [3.05, 3.63) is 40.6 Å². The van der Waals surface area contributed by atoms with Crippen LogP contribution in [0.3, 0.4) is 0 Å². The monoisotopic (exact) mass is 535 g/mol. The largest absolute Gasteiger partial charge is 0.494 e. The lowest BCUT2D eigenvalue weighted by Gasteiger charge is -2.36. The lowest BCUT2D eigenvalue weighted by Crippen LogP contribution is -2.43. The van der Waals surface area contributed by atoms with Crippen molar-refractivity contribution in [1.82, 2.24) is 5.32 Å². The zero-order chi connectivity index (χ0) is 27.8. The van der Waals surface area contributed by atoms with Gasteiger partial charge in [0.05, 0.1) is 17.6 Å². The number of benzene rings is 1. The SMILES string of the molecule is CC(=O)NC(C)(CCC(=O)O)c1ccc2c(c1)C(C)CC(OC1CCC(C(F)(F)F)CC1)=C2C(F)(F)F. The summed E-state index contributed by atoms with van der Waals surface area (Å²) in [4.78, 5) is 23.0. The predicted octanol–water partition coefficient (Wildman–Crippen LogP) is 6.82. The minimum absolute atomic E-state index is 0.0254. The van der Waals surface area contributed by atoms with Gasteiger partial charge in [0.15, 0.2) is 0 Å². The molecule has 0 bridgehead atoms. The van der Waals surface area contributed by atoms with E-state index in [1.54, 1.807) is 19.9 Å². The second-order valence-corrected chi connectivity index (χ2v) is 10.2. The Morgan fingerprint density at radius 1 is 1.08 bits per heavy atom. The van der Waals surface area contributed by atoms with Crippen molar-refractivity contribution >= 4 is 17.4 Å². The Morgan fingerprint density at radius 2 is 1.70 bits per heavy atom. The number of ether oxygens (including phenoxy) is 1. The molecule has 0 radical (unpaired) electrons. The van der Waals surface area contributed by atoms with Crippen LogP contribution in [0.5, 0.6) is 0 Å². The van der Waals surface area contributed by atoms with Gasteiger partial charge >= 0.3 is 18.3 Å². The van der Waals surface area contributed by atoms with E-state index in [9.17, 15) is 35.9 Å². The predicted molar refractivity (Wildman–Crippen MR) is 123 cm³/mol. The molecule has 0 aromatic heterocycles. The van der Waals surface area contributed by atoms with Crippen LogP contribution in [-0.2, 0) is 19.9 Å². The summed E-state index contributed by atoms with van der Waals surface area (Å²) >= 11 is 0. The summed E-state index contributed by atoms with van der Waals surface area (Å²) in [6, 6.07) is 4.30. The van der Waals surface area contributed by atoms with Crippen molar-refractivity contribution in [2.24, 2.45) is 5.92 Å². The number of allylic oxidation sites excluding steroid dienone is 2. The van der Waals surface area contributed by atoms with Gasteiger partial charge in [0.25, 0.3) is 0 Å². The zero-order valence-electron chi connectivity index (χ0n) is 20.9. The van der Waals surface area contributed by atoms with E-state index in [1.807, 2.05) is 0 Å². The minimum atomic E-state index is -4.76. The molecule has 2 atom stereocenters. The van der Waals surface area contributed by atoms with E-state index in [0.29, 0.717) is 11.1 Å². The van der Waals surface area contributed by atoms with Gasteiger partial charge in [0.2, 0.25) is 5.91 Å². The molecule has 0 spiro atoms. The topological polar surface area (TPSA) is 75.6 Å². The Hall–Kier alpha value is -2.72. The van der Waals surface area contributed by atoms with Crippen LogP contribution in [0.2, 0.25) is 0 Å². The fourth-order valence-electron chi connectivity index (χ4n) is 5.33. The number of hydrogen-bond donors (Lipinski definition) is 2. The summed E-state index contributed by atoms with van der Waals surface area (Å²) in [5.74, 6) is -3.64. The second-order valence-electron chi connectivity index (χ2n) is 10.2. The molecule has 3 rings (SSSR count). The smallest absolute Gasteiger partial charge is 0.420 e. The first-order valence-electron chi connectivity index (χ1n) is 12.2. The molecule has 2 unspecified atom stereocenters. The van der Waals surface area contributed by atoms with Gasteiger partial charge in [-0.05, 0) is 61.6 Å². The van der Waals surface area contributed by atoms with Gasteiger partial charge in [-0.2, -0.15) is 26.3 Å². The van der Waals surface area contributed by atoms with Gasteiger partial charge in [-0.25, -0.2) is 0 Å². The number of carbonyl (C=O) groups is 2. The number of rotatable bonds is 7. The number of hydrogen-bond acceptors (Lipinski definition) is 3. The van der Waals surface area contributed by atoms with Gasteiger partial charge in [-0.15, -0.1) is 0 Å². The normalized spacial score (nSPS) is 24.2. The number of halogens is 6. The first kappa shape index (κ1) is 28.8. The average Bonchev–Trinajstić information content (AvgIpc) is 2.76. The van der Waals surface area contributed by atoms with Crippen LogP contribution in [0, 0.1) is 5.92 Å². The van der Waals surface area contributed by atoms with Crippen LogP contribution < -0.4 is 5.32 Å². The maximum absolute atomic E-state index is 14.3. The summed E-state index contributed by atoms with van der Waals surface area (Å²) in [5, 5.41) is 11.8. The van der Waals surface area contributed by atoms with Crippen molar-refractivity contribution in [2.75, 3.05) is 0 Å². The van der Waals surface area contributed by atoms with E-state index in [4.69, 9.17) is 9.84 Å². The Morgan fingerprint density at radius 3 is 2.22 bits per heavy atom. The molecule has 1 aromatic rings. The quantitative estimate of drug-likeness (QED) is 0.376. The number of carboxylic acid groups (broad SMARTS) is 1. The number of amides is 1. The van der Waals surface area contributed by atoms with Gasteiger partial charge in [0, 0.05) is 19.8 Å². The number of alkyl halides is 6. The number of nitrogens with one attached hydrogen (secondary N) is 1. The molecule has 1 fully saturated rings. The molecule has 2 N–H and O–H groups in total. The highest BCUT2D eigenvalue weighted by atomic mass is 19.4. The highest BCUT2D eigenvalue weighted by Crippen LogP contribution is 2.49. The molecular weight excluding hydrogens is 504 g/mol. The molecule has 0 saturated heterocycles. The molecule has 11 heteroatoms. The summed E-state index contributed by atoms with van der Waals surface area (Å²) in [7, 11) is 0. The first-order chi connectivity index (χ1) is 17.0. The molecule has 0 heterocycles. The standard InChI is InChI=1S/C26H31F6NO4/c1-14-12-21(37-18-7-4-16(5-8-18)25(27,28)29)23(26(30,31)32)19-9-6-17(13-20(14)19)24(3,33-15(2)34)11-10-22(35)36/h6,9,13-14,16,18H,4-5,7-8,10-12H2,1-3H3,(H,33,34)(H,35,36). The Kier molecular flexibility index (Phi) is 8.24. The Labute approximate surface area is 211 Å². The molecule has 1 saturated carbocycles. The van der Waals surface area contributed by atoms with Crippen molar-refractivity contribution in [3.8, 4) is 0 Å². The summed E-state index contributed by atoms with van der Waals surface area (Å²) in [6.07, 6.45) is -10.4. The first-order valence-corrected chi connectivity index (χ1v) is 12.2. The van der Waals surface area contributed by atoms with Crippen LogP contribution in [0.15, 0.2) is 24.0 Å². The molecule has 0 aliphatic heterocycles. The molecule has 206 valence electrons. The van der Waals surface area contributed by atoms with E-state index in [1.165, 1.54) is 19.1 Å². The van der Waals surface area contributed by atoms with Gasteiger partial charge in [-0.3, -0.25) is 9.59 Å². The lowest BCUT2D eigenvalue weighted by atomic mass is 9.78. The van der Waals surface area contributed by atoms with Crippen molar-refractivity contribution < 1.29 is 45.8 Å². The third-order valence-electron chi connectivity index (χ3n) is 7.28. The Balaban J connectivity index is 1.96. The summed E-state index contributed by atoms with van der Waals surface area (Å²) < 4.78 is 87.5. The van der Waals surface area contributed by atoms with Gasteiger partial charge in [-0.1, -0.05) is 25.1 Å². The number of aliphatic carboxylic acids is 1. The average molecular weight is 536 g/mol. The molecular formula is C26H31F6NO4. The fourth-order valence-corrected chi connectivity index (χ4v) is 5.33. The van der Waals surface area contributed by atoms with E-state index in [0.717, 1.165) is 0 Å². The van der Waals surface area contributed by atoms with Crippen LogP contribution in [0.25, 0.3) is 5.57 Å². The molecule has 2 aliphatic rings. The van der Waals surface area contributed by atoms with Crippen molar-refractivity contribution in [1.29, 1.82) is 0 Å². The lowest BCUT2D eigenvalue weighted by molar-refractivity contribution is -0.186. The molecule has 1 amide bonds. The van der Waals surface area contributed by atoms with E-state index >= 15 is 0 Å². The molecule has 1 aromatic carbocycles. The number of fused-ring (bicyclic) bond motifs is 1. The van der Waals surface area contributed by atoms with Crippen molar-refractivity contribution in [2.45, 2.75) is 95.6 Å². The van der Waals surface area contributed by atoms with Crippen molar-refractivity contribution in [3.63, 3.8) is 0 Å². The molecule has 5 nitrogen and oxygen atoms in total. The highest BCUT2D eigenvalue weighted by Gasteiger charge is 2.45. The van der Waals surface area contributed by atoms with Crippen LogP contribution >= 0.6 is 0 Å². The molecule has 37 heavy (non-hydrogen) atoms. The van der Waals surface area contributed by atoms with Crippen LogP contribution in [0.1, 0.15) is 88.3 Å². The summed E-state index contributed by atoms with van der Waals surface area (Å²) in [5.41, 5.74) is -1.29. The molecule has 2 aliphatic carbocycles. The van der Waals surface area contributed by atoms with Gasteiger partial charge in [0.1, 0.15) is 11.3 Å². The van der Waals surface area contributed by atoms with Crippen LogP contribution in [0.4, 0.5) is 26.3 Å². The summed E-state index contributed by atoms with van der Waals surface area (Å²) in [6.45, 7) is 4.63. The Bertz CT molecular complexity index is 1060. The number of carboxylic acids is 1. The maximum Gasteiger partial charge on any atom is 0.420 e. The third kappa shape index (κ3) is 6.78. The van der Waals surface area contributed by atoms with Crippen LogP contribution in [-0.4, -0.2) is 35.4 Å². The number of carbonyl (C=O) groups excluding carboxylic acids is 1. The van der Waals surface area contributed by atoms with E-state index in [2.05, 4.69) is 5.32 Å². The van der Waals surface area contributed by atoms with E-state index in [-0.39, 0.29) is 56.3 Å². The third-order valence-corrected chi connectivity index (χ3v) is 7.28. The second kappa shape index (κ2) is 10.6. The minimum Gasteiger partial charge on any atom is -0.494 e. The zero-order valence-corrected chi connectivity index (χ0v) is 20.9. The van der Waals surface area contributed by atoms with Gasteiger partial charge < -0.3 is 15.2 Å². The highest BCUT2D eigenvalue weighted by molar-refractivity contribution is 5.77. The van der Waals surface area contributed by atoms with E-state index < -0.39 is 53.3 Å².